The molecule has 0 saturated heterocycles. The second-order valence-electron chi connectivity index (χ2n) is 24.5. The van der Waals surface area contributed by atoms with E-state index in [0.29, 0.717) is 25.7 Å². The minimum Gasteiger partial charge on any atom is -0.462 e. The molecule has 0 saturated carbocycles. The Morgan fingerprint density at radius 1 is 0.321 bits per heavy atom. The second kappa shape index (κ2) is 57.5. The number of carbonyl (C=O) groups is 4. The molecule has 0 bridgehead atoms. The van der Waals surface area contributed by atoms with Gasteiger partial charge in [-0.25, -0.2) is 9.13 Å². The Kier molecular flexibility index (Phi) is 56.2. The highest BCUT2D eigenvalue weighted by molar-refractivity contribution is 7.47. The van der Waals surface area contributed by atoms with Gasteiger partial charge in [-0.1, -0.05) is 273 Å². The summed E-state index contributed by atoms with van der Waals surface area (Å²) in [7, 11) is -9.88. The van der Waals surface area contributed by atoms with Crippen molar-refractivity contribution in [2.24, 2.45) is 11.8 Å². The van der Waals surface area contributed by atoms with Gasteiger partial charge in [0.25, 0.3) is 0 Å². The highest BCUT2D eigenvalue weighted by Gasteiger charge is 2.30. The number of phosphoric ester groups is 2. The molecule has 0 aromatic heterocycles. The van der Waals surface area contributed by atoms with Gasteiger partial charge >= 0.3 is 39.5 Å². The Hall–Kier alpha value is -1.94. The van der Waals surface area contributed by atoms with Crippen LogP contribution in [0, 0.1) is 11.8 Å². The van der Waals surface area contributed by atoms with Crippen LogP contribution in [-0.4, -0.2) is 96.7 Å². The zero-order valence-electron chi connectivity index (χ0n) is 54.2. The largest absolute Gasteiger partial charge is 0.472 e. The number of unbranched alkanes of at least 4 members (excludes halogenated alkanes) is 34. The molecule has 17 nitrogen and oxygen atoms in total. The van der Waals surface area contributed by atoms with E-state index in [1.54, 1.807) is 0 Å². The summed E-state index contributed by atoms with van der Waals surface area (Å²) in [6.45, 7) is 9.44. The molecule has 0 aliphatic heterocycles. The van der Waals surface area contributed by atoms with E-state index in [0.717, 1.165) is 127 Å². The van der Waals surface area contributed by atoms with Crippen LogP contribution in [-0.2, 0) is 65.4 Å². The SMILES string of the molecule is CCCCCCCCCC(=O)OC[C@H](COP(=O)(O)OC[C@H](O)COP(=O)(O)OC[C@@H](COC(=O)CCCCCCCCCCCCCC(C)C)OC(=O)CCCCCCCCCCCCCCCC(C)C)OC(=O)CCCCCCCCC. The summed E-state index contributed by atoms with van der Waals surface area (Å²) in [6.07, 6.45) is 40.6. The van der Waals surface area contributed by atoms with E-state index in [9.17, 15) is 43.2 Å². The van der Waals surface area contributed by atoms with Gasteiger partial charge in [0.2, 0.25) is 0 Å². The normalized spacial score (nSPS) is 14.3. The fourth-order valence-electron chi connectivity index (χ4n) is 9.71. The zero-order chi connectivity index (χ0) is 62.2. The molecular formula is C65H126O17P2. The number of hydrogen-bond donors (Lipinski definition) is 3. The number of carbonyl (C=O) groups excluding carboxylic acids is 4. The predicted octanol–water partition coefficient (Wildman–Crippen LogP) is 18.0. The lowest BCUT2D eigenvalue weighted by molar-refractivity contribution is -0.161. The molecule has 3 N–H and O–H groups in total. The van der Waals surface area contributed by atoms with Crippen molar-refractivity contribution in [2.75, 3.05) is 39.6 Å². The van der Waals surface area contributed by atoms with E-state index < -0.39 is 97.5 Å². The van der Waals surface area contributed by atoms with E-state index in [-0.39, 0.29) is 25.7 Å². The Balaban J connectivity index is 5.17. The summed E-state index contributed by atoms with van der Waals surface area (Å²) in [5.41, 5.74) is 0. The number of aliphatic hydroxyl groups is 1. The summed E-state index contributed by atoms with van der Waals surface area (Å²) >= 11 is 0. The molecule has 84 heavy (non-hydrogen) atoms. The van der Waals surface area contributed by atoms with E-state index in [2.05, 4.69) is 41.5 Å². The number of aliphatic hydroxyl groups excluding tert-OH is 1. The topological polar surface area (TPSA) is 237 Å². The van der Waals surface area contributed by atoms with E-state index in [4.69, 9.17) is 37.0 Å². The van der Waals surface area contributed by atoms with E-state index in [1.165, 1.54) is 116 Å². The lowest BCUT2D eigenvalue weighted by Gasteiger charge is -2.21. The fraction of sp³-hybridized carbons (Fsp3) is 0.938. The van der Waals surface area contributed by atoms with Crippen molar-refractivity contribution in [3.63, 3.8) is 0 Å². The van der Waals surface area contributed by atoms with Gasteiger partial charge in [0.05, 0.1) is 26.4 Å². The molecule has 498 valence electrons. The Bertz CT molecular complexity index is 1650. The first-order valence-electron chi connectivity index (χ1n) is 34.0. The van der Waals surface area contributed by atoms with Crippen molar-refractivity contribution < 1.29 is 80.2 Å². The number of hydrogen-bond acceptors (Lipinski definition) is 15. The first-order valence-corrected chi connectivity index (χ1v) is 37.0. The third-order valence-corrected chi connectivity index (χ3v) is 16.9. The summed E-state index contributed by atoms with van der Waals surface area (Å²) in [5.74, 6) is -0.582. The summed E-state index contributed by atoms with van der Waals surface area (Å²) in [6, 6.07) is 0. The third-order valence-electron chi connectivity index (χ3n) is 15.0. The van der Waals surface area contributed by atoms with Crippen LogP contribution in [0.15, 0.2) is 0 Å². The molecule has 0 amide bonds. The van der Waals surface area contributed by atoms with Gasteiger partial charge in [0, 0.05) is 25.7 Å². The molecule has 0 heterocycles. The Labute approximate surface area is 511 Å². The molecule has 0 fully saturated rings. The first kappa shape index (κ1) is 82.1. The van der Waals surface area contributed by atoms with Crippen molar-refractivity contribution in [2.45, 2.75) is 342 Å². The van der Waals surface area contributed by atoms with Crippen LogP contribution < -0.4 is 0 Å². The Morgan fingerprint density at radius 3 is 0.810 bits per heavy atom. The van der Waals surface area contributed by atoms with Gasteiger partial charge in [0.15, 0.2) is 12.2 Å². The maximum absolute atomic E-state index is 13.0. The molecule has 0 rings (SSSR count). The van der Waals surface area contributed by atoms with Gasteiger partial charge < -0.3 is 33.8 Å². The van der Waals surface area contributed by atoms with Crippen LogP contribution in [0.4, 0.5) is 0 Å². The molecule has 0 aliphatic rings. The van der Waals surface area contributed by atoms with E-state index >= 15 is 0 Å². The third kappa shape index (κ3) is 59.0. The molecule has 0 aromatic rings. The van der Waals surface area contributed by atoms with Crippen molar-refractivity contribution in [3.05, 3.63) is 0 Å². The molecule has 0 aromatic carbocycles. The quantitative estimate of drug-likeness (QED) is 0.0222. The number of esters is 4. The number of phosphoric acid groups is 2. The minimum atomic E-state index is -4.95. The second-order valence-corrected chi connectivity index (χ2v) is 27.4. The van der Waals surface area contributed by atoms with Crippen molar-refractivity contribution in [1.29, 1.82) is 0 Å². The smallest absolute Gasteiger partial charge is 0.462 e. The van der Waals surface area contributed by atoms with Crippen LogP contribution in [0.3, 0.4) is 0 Å². The number of rotatable bonds is 64. The predicted molar refractivity (Wildman–Crippen MR) is 335 cm³/mol. The zero-order valence-corrected chi connectivity index (χ0v) is 56.0. The summed E-state index contributed by atoms with van der Waals surface area (Å²) < 4.78 is 67.9. The Morgan fingerprint density at radius 2 is 0.548 bits per heavy atom. The number of ether oxygens (including phenoxy) is 4. The lowest BCUT2D eigenvalue weighted by atomic mass is 10.0. The van der Waals surface area contributed by atoms with Crippen LogP contribution in [0.25, 0.3) is 0 Å². The molecular weight excluding hydrogens is 1110 g/mol. The summed E-state index contributed by atoms with van der Waals surface area (Å²) in [4.78, 5) is 72.0. The highest BCUT2D eigenvalue weighted by atomic mass is 31.2. The molecule has 0 radical (unpaired) electrons. The monoisotopic (exact) mass is 1240 g/mol. The highest BCUT2D eigenvalue weighted by Crippen LogP contribution is 2.45. The van der Waals surface area contributed by atoms with Crippen LogP contribution in [0.1, 0.15) is 324 Å². The van der Waals surface area contributed by atoms with Crippen LogP contribution in [0.2, 0.25) is 0 Å². The average molecular weight is 1240 g/mol. The molecule has 2 unspecified atom stereocenters. The van der Waals surface area contributed by atoms with E-state index in [1.807, 2.05) is 0 Å². The lowest BCUT2D eigenvalue weighted by Crippen LogP contribution is -2.30. The van der Waals surface area contributed by atoms with Crippen molar-refractivity contribution in [1.82, 2.24) is 0 Å². The molecule has 19 heteroatoms. The first-order chi connectivity index (χ1) is 40.4. The summed E-state index contributed by atoms with van der Waals surface area (Å²) in [5, 5.41) is 10.5. The average Bonchev–Trinajstić information content (AvgIpc) is 3.55. The molecule has 0 aliphatic carbocycles. The minimum absolute atomic E-state index is 0.103. The van der Waals surface area contributed by atoms with Gasteiger partial charge in [0.1, 0.15) is 19.3 Å². The molecule has 0 spiro atoms. The molecule has 5 atom stereocenters. The van der Waals surface area contributed by atoms with Gasteiger partial charge in [-0.05, 0) is 37.5 Å². The van der Waals surface area contributed by atoms with Gasteiger partial charge in [-0.2, -0.15) is 0 Å². The fourth-order valence-corrected chi connectivity index (χ4v) is 11.3. The standard InChI is InChI=1S/C65H126O17P2/c1-7-9-11-13-27-35-41-47-62(67)75-53-60(81-64(69)49-43-37-28-14-12-10-8-2)55-79-83(71,72)77-51-59(66)52-78-84(73,74)80-56-61(54-76-63(68)48-42-36-31-25-22-18-20-24-30-34-40-46-58(5)6)82-65(70)50-44-38-32-26-21-17-15-16-19-23-29-33-39-45-57(3)4/h57-61,66H,7-56H2,1-6H3,(H,71,72)(H,73,74)/t59-,60+,61+/m0/s1. The van der Waals surface area contributed by atoms with Gasteiger partial charge in [-0.3, -0.25) is 37.3 Å². The van der Waals surface area contributed by atoms with Crippen molar-refractivity contribution in [3.8, 4) is 0 Å². The van der Waals surface area contributed by atoms with Gasteiger partial charge in [-0.15, -0.1) is 0 Å². The van der Waals surface area contributed by atoms with Crippen LogP contribution >= 0.6 is 15.6 Å². The maximum atomic E-state index is 13.0. The van der Waals surface area contributed by atoms with Crippen molar-refractivity contribution >= 4 is 39.5 Å². The van der Waals surface area contributed by atoms with Crippen LogP contribution in [0.5, 0.6) is 0 Å². The maximum Gasteiger partial charge on any atom is 0.472 e.